The summed E-state index contributed by atoms with van der Waals surface area (Å²) < 4.78 is 34.4. The summed E-state index contributed by atoms with van der Waals surface area (Å²) in [7, 11) is 0. The van der Waals surface area contributed by atoms with E-state index in [1.165, 1.54) is 29.3 Å². The quantitative estimate of drug-likeness (QED) is 0.219. The van der Waals surface area contributed by atoms with Crippen LogP contribution < -0.4 is 15.4 Å². The van der Waals surface area contributed by atoms with Crippen LogP contribution in [0.1, 0.15) is 6.42 Å². The summed E-state index contributed by atoms with van der Waals surface area (Å²) in [4.78, 5) is 25.6. The number of halogens is 2. The van der Waals surface area contributed by atoms with E-state index in [9.17, 15) is 13.6 Å². The van der Waals surface area contributed by atoms with Crippen molar-refractivity contribution in [2.75, 3.05) is 63.1 Å². The van der Waals surface area contributed by atoms with Crippen LogP contribution in [-0.2, 0) is 11.3 Å². The number of benzene rings is 2. The van der Waals surface area contributed by atoms with Gasteiger partial charge in [0.25, 0.3) is 0 Å². The van der Waals surface area contributed by atoms with Gasteiger partial charge >= 0.3 is 0 Å². The molecule has 5 rings (SSSR count). The molecule has 14 heteroatoms. The number of β-amino-alcohol motifs (C(OH)–C–C–N with tert-alkyl or cyclic N) is 1. The highest BCUT2D eigenvalue weighted by Gasteiger charge is 2.16. The lowest BCUT2D eigenvalue weighted by Crippen LogP contribution is -2.47. The van der Waals surface area contributed by atoms with Crippen LogP contribution >= 0.6 is 0 Å². The lowest BCUT2D eigenvalue weighted by molar-refractivity contribution is -0.117. The number of carbonyl (C=O) groups excluding carboxylic acids is 1. The topological polar surface area (TPSA) is 134 Å². The minimum Gasteiger partial charge on any atom is -0.493 e. The zero-order chi connectivity index (χ0) is 28.6. The Bertz CT molecular complexity index is 1480. The van der Waals surface area contributed by atoms with Gasteiger partial charge in [-0.05, 0) is 30.7 Å². The third kappa shape index (κ3) is 7.48. The van der Waals surface area contributed by atoms with Crippen molar-refractivity contribution in [3.05, 3.63) is 60.6 Å². The smallest absolute Gasteiger partial charge is 0.246 e. The number of hydrogen-bond donors (Lipinski definition) is 3. The minimum atomic E-state index is -1.13. The van der Waals surface area contributed by atoms with Crippen molar-refractivity contribution in [3.8, 4) is 5.75 Å². The second-order valence-corrected chi connectivity index (χ2v) is 9.59. The molecule has 2 aromatic carbocycles. The Hall–Kier alpha value is -4.27. The molecule has 2 aromatic heterocycles. The average Bonchev–Trinajstić information content (AvgIpc) is 3.41. The maximum Gasteiger partial charge on any atom is 0.246 e. The first-order chi connectivity index (χ1) is 20.0. The van der Waals surface area contributed by atoms with Crippen LogP contribution in [0.2, 0.25) is 0 Å². The third-order valence-corrected chi connectivity index (χ3v) is 6.69. The van der Waals surface area contributed by atoms with E-state index in [1.807, 2.05) is 18.2 Å². The van der Waals surface area contributed by atoms with Gasteiger partial charge in [-0.15, -0.1) is 5.10 Å². The van der Waals surface area contributed by atoms with Gasteiger partial charge in [0.15, 0.2) is 17.5 Å². The van der Waals surface area contributed by atoms with E-state index >= 15 is 0 Å². The molecule has 0 spiro atoms. The fourth-order valence-corrected chi connectivity index (χ4v) is 4.57. The van der Waals surface area contributed by atoms with Gasteiger partial charge in [-0.1, -0.05) is 11.3 Å². The summed E-state index contributed by atoms with van der Waals surface area (Å²) in [5.41, 5.74) is 0.432. The number of aromatic nitrogens is 5. The Balaban J connectivity index is 1.12. The zero-order valence-corrected chi connectivity index (χ0v) is 22.3. The van der Waals surface area contributed by atoms with E-state index < -0.39 is 17.5 Å². The summed E-state index contributed by atoms with van der Waals surface area (Å²) in [5, 5.41) is 23.1. The van der Waals surface area contributed by atoms with Crippen LogP contribution in [-0.4, -0.2) is 98.3 Å². The van der Waals surface area contributed by atoms with Crippen molar-refractivity contribution in [2.45, 2.75) is 13.0 Å². The van der Waals surface area contributed by atoms with Crippen molar-refractivity contribution >= 4 is 34.1 Å². The van der Waals surface area contributed by atoms with Crippen molar-refractivity contribution in [3.63, 3.8) is 0 Å². The number of anilines is 3. The van der Waals surface area contributed by atoms with Gasteiger partial charge in [-0.2, -0.15) is 0 Å². The number of ether oxygens (including phenoxy) is 1. The largest absolute Gasteiger partial charge is 0.493 e. The monoisotopic (exact) mass is 567 g/mol. The number of carbonyl (C=O) groups is 1. The first-order valence-electron chi connectivity index (χ1n) is 13.3. The standard InChI is InChI=1S/C27H31F2N9O3/c28-21-3-1-4-22(26(21)29)32-25(40)17-38-16-24(34-35-38)33-27-20-6-5-19(15-23(20)30-18-31-27)41-14-2-7-36-8-10-37(11-9-36)12-13-39/h1,3-6,15-16,18,39H,2,7-14,17H2,(H,32,40)(H,30,31,33). The Morgan fingerprint density at radius 2 is 1.85 bits per heavy atom. The van der Waals surface area contributed by atoms with Crippen LogP contribution in [0.15, 0.2) is 48.9 Å². The molecule has 1 aliphatic rings. The van der Waals surface area contributed by atoms with Gasteiger partial charge in [0.2, 0.25) is 5.91 Å². The predicted molar refractivity (Wildman–Crippen MR) is 148 cm³/mol. The van der Waals surface area contributed by atoms with Gasteiger partial charge in [-0.3, -0.25) is 9.69 Å². The maximum atomic E-state index is 13.8. The molecule has 4 aromatic rings. The number of piperazine rings is 1. The lowest BCUT2D eigenvalue weighted by atomic mass is 10.2. The first kappa shape index (κ1) is 28.3. The predicted octanol–water partition coefficient (Wildman–Crippen LogP) is 2.26. The maximum absolute atomic E-state index is 13.8. The van der Waals surface area contributed by atoms with Crippen molar-refractivity contribution < 1.29 is 23.4 Å². The van der Waals surface area contributed by atoms with E-state index in [1.54, 1.807) is 0 Å². The molecule has 1 amide bonds. The number of hydrogen-bond acceptors (Lipinski definition) is 10. The van der Waals surface area contributed by atoms with Crippen LogP contribution in [0.4, 0.5) is 26.1 Å². The second kappa shape index (κ2) is 13.4. The molecule has 0 atom stereocenters. The fraction of sp³-hybridized carbons (Fsp3) is 0.370. The highest BCUT2D eigenvalue weighted by Crippen LogP contribution is 2.26. The van der Waals surface area contributed by atoms with Gasteiger partial charge in [-0.25, -0.2) is 23.4 Å². The van der Waals surface area contributed by atoms with Crippen LogP contribution in [0.25, 0.3) is 10.9 Å². The van der Waals surface area contributed by atoms with Gasteiger partial charge < -0.3 is 25.4 Å². The molecule has 3 heterocycles. The summed E-state index contributed by atoms with van der Waals surface area (Å²) in [6.45, 7) is 6.18. The van der Waals surface area contributed by atoms with Gasteiger partial charge in [0, 0.05) is 50.7 Å². The van der Waals surface area contributed by atoms with Crippen LogP contribution in [0.3, 0.4) is 0 Å². The molecule has 12 nitrogen and oxygen atoms in total. The Morgan fingerprint density at radius 3 is 2.66 bits per heavy atom. The number of nitrogens with one attached hydrogen (secondary N) is 2. The molecule has 0 aliphatic carbocycles. The highest BCUT2D eigenvalue weighted by molar-refractivity contribution is 5.91. The van der Waals surface area contributed by atoms with E-state index in [-0.39, 0.29) is 18.8 Å². The summed E-state index contributed by atoms with van der Waals surface area (Å²) in [6, 6.07) is 9.11. The van der Waals surface area contributed by atoms with Crippen LogP contribution in [0.5, 0.6) is 5.75 Å². The molecular formula is C27H31F2N9O3. The molecule has 0 radical (unpaired) electrons. The Morgan fingerprint density at radius 1 is 1.05 bits per heavy atom. The Labute approximate surface area is 234 Å². The molecule has 1 saturated heterocycles. The number of nitrogens with zero attached hydrogens (tertiary/aromatic N) is 7. The molecule has 0 bridgehead atoms. The molecule has 0 saturated carbocycles. The molecular weight excluding hydrogens is 536 g/mol. The number of aliphatic hydroxyl groups is 1. The third-order valence-electron chi connectivity index (χ3n) is 6.69. The zero-order valence-electron chi connectivity index (χ0n) is 22.3. The molecule has 1 fully saturated rings. The summed E-state index contributed by atoms with van der Waals surface area (Å²) in [5.74, 6) is -1.22. The summed E-state index contributed by atoms with van der Waals surface area (Å²) >= 11 is 0. The minimum absolute atomic E-state index is 0.203. The normalized spacial score (nSPS) is 14.3. The first-order valence-corrected chi connectivity index (χ1v) is 13.3. The summed E-state index contributed by atoms with van der Waals surface area (Å²) in [6.07, 6.45) is 3.83. The number of rotatable bonds is 12. The number of amides is 1. The SMILES string of the molecule is O=C(Cn1cc(Nc2ncnc3cc(OCCCN4CCN(CCO)CC4)ccc23)nn1)Nc1cccc(F)c1F. The molecule has 3 N–H and O–H groups in total. The van der Waals surface area contributed by atoms with Crippen molar-refractivity contribution in [1.29, 1.82) is 0 Å². The van der Waals surface area contributed by atoms with Gasteiger partial charge in [0.05, 0.1) is 30.6 Å². The van der Waals surface area contributed by atoms with E-state index in [0.29, 0.717) is 29.5 Å². The highest BCUT2D eigenvalue weighted by atomic mass is 19.2. The average molecular weight is 568 g/mol. The Kier molecular flexibility index (Phi) is 9.23. The van der Waals surface area contributed by atoms with Crippen molar-refractivity contribution in [2.24, 2.45) is 0 Å². The molecule has 216 valence electrons. The van der Waals surface area contributed by atoms with Crippen molar-refractivity contribution in [1.82, 2.24) is 34.8 Å². The lowest BCUT2D eigenvalue weighted by Gasteiger charge is -2.34. The van der Waals surface area contributed by atoms with E-state index in [0.717, 1.165) is 57.1 Å². The second-order valence-electron chi connectivity index (χ2n) is 9.59. The fourth-order valence-electron chi connectivity index (χ4n) is 4.57. The molecule has 1 aliphatic heterocycles. The number of fused-ring (bicyclic) bond motifs is 1. The molecule has 41 heavy (non-hydrogen) atoms. The van der Waals surface area contributed by atoms with E-state index in [2.05, 4.69) is 40.7 Å². The van der Waals surface area contributed by atoms with Crippen LogP contribution in [0, 0.1) is 11.6 Å². The van der Waals surface area contributed by atoms with Gasteiger partial charge in [0.1, 0.15) is 24.4 Å². The van der Waals surface area contributed by atoms with E-state index in [4.69, 9.17) is 9.84 Å². The number of aliphatic hydroxyl groups excluding tert-OH is 1. The molecule has 0 unspecified atom stereocenters.